The van der Waals surface area contributed by atoms with Crippen LogP contribution >= 0.6 is 0 Å². The van der Waals surface area contributed by atoms with E-state index in [9.17, 15) is 4.79 Å². The van der Waals surface area contributed by atoms with Crippen molar-refractivity contribution in [1.29, 1.82) is 0 Å². The molecular weight excluding hydrogens is 168 g/mol. The molecule has 2 N–H and O–H groups in total. The van der Waals surface area contributed by atoms with Gasteiger partial charge in [0.1, 0.15) is 5.69 Å². The van der Waals surface area contributed by atoms with E-state index >= 15 is 0 Å². The Hall–Kier alpha value is -1.58. The predicted octanol–water partition coefficient (Wildman–Crippen LogP) is 1.48. The Kier molecular flexibility index (Phi) is 5.27. The molecule has 0 saturated heterocycles. The quantitative estimate of drug-likeness (QED) is 0.668. The zero-order chi connectivity index (χ0) is 10.3. The first-order valence-corrected chi connectivity index (χ1v) is 4.04. The van der Waals surface area contributed by atoms with Crippen LogP contribution in [0.1, 0.15) is 24.3 Å². The minimum atomic E-state index is -0.454. The number of esters is 1. The van der Waals surface area contributed by atoms with E-state index in [1.807, 2.05) is 13.8 Å². The van der Waals surface area contributed by atoms with Gasteiger partial charge in [0.25, 0.3) is 0 Å². The minimum Gasteiger partial charge on any atom is -0.464 e. The molecule has 0 aromatic carbocycles. The summed E-state index contributed by atoms with van der Waals surface area (Å²) < 4.78 is 4.43. The van der Waals surface area contributed by atoms with Gasteiger partial charge in [0.15, 0.2) is 0 Å². The van der Waals surface area contributed by atoms with Crippen LogP contribution in [0.4, 0.5) is 5.69 Å². The van der Waals surface area contributed by atoms with Gasteiger partial charge in [0.2, 0.25) is 0 Å². The monoisotopic (exact) mass is 182 g/mol. The van der Waals surface area contributed by atoms with Gasteiger partial charge in [0, 0.05) is 0 Å². The molecule has 13 heavy (non-hydrogen) atoms. The van der Waals surface area contributed by atoms with E-state index in [4.69, 9.17) is 5.73 Å². The summed E-state index contributed by atoms with van der Waals surface area (Å²) in [6, 6.07) is 3.11. The van der Waals surface area contributed by atoms with Gasteiger partial charge >= 0.3 is 5.97 Å². The van der Waals surface area contributed by atoms with Crippen LogP contribution in [-0.4, -0.2) is 18.1 Å². The van der Waals surface area contributed by atoms with Crippen molar-refractivity contribution in [2.75, 3.05) is 12.8 Å². The molecule has 1 rings (SSSR count). The Bertz CT molecular complexity index is 257. The highest BCUT2D eigenvalue weighted by Crippen LogP contribution is 2.01. The van der Waals surface area contributed by atoms with E-state index in [2.05, 4.69) is 9.72 Å². The average molecular weight is 182 g/mol. The second-order valence-corrected chi connectivity index (χ2v) is 1.97. The van der Waals surface area contributed by atoms with Gasteiger partial charge in [-0.25, -0.2) is 9.78 Å². The molecular formula is C9H14N2O2. The maximum atomic E-state index is 10.8. The van der Waals surface area contributed by atoms with E-state index in [1.54, 1.807) is 6.07 Å². The van der Waals surface area contributed by atoms with Crippen molar-refractivity contribution in [1.82, 2.24) is 4.98 Å². The van der Waals surface area contributed by atoms with Gasteiger partial charge in [-0.15, -0.1) is 0 Å². The lowest BCUT2D eigenvalue weighted by molar-refractivity contribution is 0.0594. The number of nitrogens with two attached hydrogens (primary N) is 1. The molecule has 0 aliphatic rings. The van der Waals surface area contributed by atoms with Crippen molar-refractivity contribution in [3.8, 4) is 0 Å². The molecule has 1 aromatic heterocycles. The SMILES string of the molecule is CC.COC(=O)c1ccc(N)cn1. The number of aromatic nitrogens is 1. The van der Waals surface area contributed by atoms with Gasteiger partial charge in [-0.1, -0.05) is 13.8 Å². The van der Waals surface area contributed by atoms with Crippen LogP contribution in [-0.2, 0) is 4.74 Å². The van der Waals surface area contributed by atoms with Crippen molar-refractivity contribution >= 4 is 11.7 Å². The van der Waals surface area contributed by atoms with Crippen molar-refractivity contribution in [3.05, 3.63) is 24.0 Å². The van der Waals surface area contributed by atoms with E-state index in [0.717, 1.165) is 0 Å². The first-order chi connectivity index (χ1) is 6.24. The molecule has 4 nitrogen and oxygen atoms in total. The Morgan fingerprint density at radius 1 is 1.46 bits per heavy atom. The fourth-order valence-corrected chi connectivity index (χ4v) is 0.631. The van der Waals surface area contributed by atoms with E-state index < -0.39 is 5.97 Å². The summed E-state index contributed by atoms with van der Waals surface area (Å²) in [5.41, 5.74) is 6.14. The summed E-state index contributed by atoms with van der Waals surface area (Å²) in [6.45, 7) is 4.00. The number of anilines is 1. The van der Waals surface area contributed by atoms with E-state index in [0.29, 0.717) is 5.69 Å². The van der Waals surface area contributed by atoms with Gasteiger partial charge in [0.05, 0.1) is 19.0 Å². The Morgan fingerprint density at radius 3 is 2.46 bits per heavy atom. The summed E-state index contributed by atoms with van der Waals surface area (Å²) in [7, 11) is 1.31. The molecule has 0 aliphatic carbocycles. The van der Waals surface area contributed by atoms with Gasteiger partial charge in [-0.2, -0.15) is 0 Å². The molecule has 0 spiro atoms. The third-order valence-electron chi connectivity index (χ3n) is 1.18. The first kappa shape index (κ1) is 11.4. The standard InChI is InChI=1S/C7H8N2O2.C2H6/c1-11-7(10)6-3-2-5(8)4-9-6;1-2/h2-4H,8H2,1H3;1-2H3. The molecule has 1 heterocycles. The number of rotatable bonds is 1. The molecule has 0 radical (unpaired) electrons. The van der Waals surface area contributed by atoms with Crippen LogP contribution in [0.2, 0.25) is 0 Å². The highest BCUT2D eigenvalue weighted by Gasteiger charge is 2.04. The summed E-state index contributed by atoms with van der Waals surface area (Å²) >= 11 is 0. The second-order valence-electron chi connectivity index (χ2n) is 1.97. The predicted molar refractivity (Wildman–Crippen MR) is 51.3 cm³/mol. The normalized spacial score (nSPS) is 8.23. The fraction of sp³-hybridized carbons (Fsp3) is 0.333. The molecule has 1 aromatic rings. The first-order valence-electron chi connectivity index (χ1n) is 4.04. The molecule has 0 saturated carbocycles. The lowest BCUT2D eigenvalue weighted by Crippen LogP contribution is -2.03. The Balaban J connectivity index is 0.000000671. The number of carbonyl (C=O) groups is 1. The number of methoxy groups -OCH3 is 1. The molecule has 0 bridgehead atoms. The number of hydrogen-bond donors (Lipinski definition) is 1. The Morgan fingerprint density at radius 2 is 2.08 bits per heavy atom. The molecule has 4 heteroatoms. The van der Waals surface area contributed by atoms with Gasteiger partial charge in [-0.3, -0.25) is 0 Å². The van der Waals surface area contributed by atoms with Crippen LogP contribution in [0, 0.1) is 0 Å². The third-order valence-corrected chi connectivity index (χ3v) is 1.18. The van der Waals surface area contributed by atoms with Crippen LogP contribution in [0.15, 0.2) is 18.3 Å². The maximum Gasteiger partial charge on any atom is 0.356 e. The molecule has 0 amide bonds. The molecule has 72 valence electrons. The number of ether oxygens (including phenoxy) is 1. The van der Waals surface area contributed by atoms with Crippen molar-refractivity contribution < 1.29 is 9.53 Å². The summed E-state index contributed by atoms with van der Waals surface area (Å²) in [5, 5.41) is 0. The molecule has 0 unspecified atom stereocenters. The van der Waals surface area contributed by atoms with Crippen molar-refractivity contribution in [2.24, 2.45) is 0 Å². The Labute approximate surface area is 77.7 Å². The van der Waals surface area contributed by atoms with Crippen LogP contribution in [0.5, 0.6) is 0 Å². The van der Waals surface area contributed by atoms with Crippen molar-refractivity contribution in [3.63, 3.8) is 0 Å². The van der Waals surface area contributed by atoms with Crippen LogP contribution in [0.25, 0.3) is 0 Å². The van der Waals surface area contributed by atoms with Gasteiger partial charge < -0.3 is 10.5 Å². The highest BCUT2D eigenvalue weighted by molar-refractivity contribution is 5.87. The largest absolute Gasteiger partial charge is 0.464 e. The number of carbonyl (C=O) groups excluding carboxylic acids is 1. The molecule has 0 atom stereocenters. The van der Waals surface area contributed by atoms with E-state index in [1.165, 1.54) is 19.4 Å². The zero-order valence-electron chi connectivity index (χ0n) is 8.07. The number of nitrogens with zero attached hydrogens (tertiary/aromatic N) is 1. The summed E-state index contributed by atoms with van der Waals surface area (Å²) in [5.74, 6) is -0.454. The topological polar surface area (TPSA) is 65.2 Å². The van der Waals surface area contributed by atoms with Crippen LogP contribution in [0.3, 0.4) is 0 Å². The van der Waals surface area contributed by atoms with Crippen LogP contribution < -0.4 is 5.73 Å². The second kappa shape index (κ2) is 5.99. The lowest BCUT2D eigenvalue weighted by atomic mass is 10.3. The van der Waals surface area contributed by atoms with Gasteiger partial charge in [-0.05, 0) is 12.1 Å². The summed E-state index contributed by atoms with van der Waals surface area (Å²) in [6.07, 6.45) is 1.41. The smallest absolute Gasteiger partial charge is 0.356 e. The zero-order valence-corrected chi connectivity index (χ0v) is 8.07. The highest BCUT2D eigenvalue weighted by atomic mass is 16.5. The maximum absolute atomic E-state index is 10.8. The summed E-state index contributed by atoms with van der Waals surface area (Å²) in [4.78, 5) is 14.5. The third kappa shape index (κ3) is 3.55. The minimum absolute atomic E-state index is 0.265. The molecule has 0 aliphatic heterocycles. The van der Waals surface area contributed by atoms with E-state index in [-0.39, 0.29) is 5.69 Å². The lowest BCUT2D eigenvalue weighted by Gasteiger charge is -1.96. The number of pyridine rings is 1. The number of hydrogen-bond acceptors (Lipinski definition) is 4. The average Bonchev–Trinajstić information content (AvgIpc) is 2.21. The molecule has 0 fully saturated rings. The number of nitrogen functional groups attached to an aromatic ring is 1. The fourth-order valence-electron chi connectivity index (χ4n) is 0.631. The van der Waals surface area contributed by atoms with Crippen molar-refractivity contribution in [2.45, 2.75) is 13.8 Å².